The summed E-state index contributed by atoms with van der Waals surface area (Å²) in [7, 11) is 0. The fraction of sp³-hybridized carbons (Fsp3) is 0.368. The first-order valence-corrected chi connectivity index (χ1v) is 9.59. The van der Waals surface area contributed by atoms with Gasteiger partial charge in [-0.1, -0.05) is 19.9 Å². The number of hydrogen-bond acceptors (Lipinski definition) is 5. The number of hydrogen-bond donors (Lipinski definition) is 1. The van der Waals surface area contributed by atoms with Crippen LogP contribution in [0, 0.1) is 6.92 Å². The number of aromatic amines is 1. The number of nitrogens with zero attached hydrogens (tertiary/aromatic N) is 4. The van der Waals surface area contributed by atoms with Crippen LogP contribution in [-0.2, 0) is 6.42 Å². The Balaban J connectivity index is 1.76. The second-order valence-corrected chi connectivity index (χ2v) is 7.82. The van der Waals surface area contributed by atoms with Crippen molar-refractivity contribution >= 4 is 17.2 Å². The summed E-state index contributed by atoms with van der Waals surface area (Å²) in [5.41, 5.74) is 3.60. The topological polar surface area (TPSA) is 74.8 Å². The molecule has 4 rings (SSSR count). The molecule has 0 bridgehead atoms. The highest BCUT2D eigenvalue weighted by molar-refractivity contribution is 7.13. The predicted octanol–water partition coefficient (Wildman–Crippen LogP) is 3.48. The molecule has 1 N–H and O–H groups in total. The first-order valence-electron chi connectivity index (χ1n) is 8.77. The molecule has 0 saturated carbocycles. The molecule has 4 heterocycles. The lowest BCUT2D eigenvalue weighted by Crippen LogP contribution is -2.41. The SMILES string of the molecule is Cc1nc(C(C)C)sc1C(=O)N1CCc2[nH]cnc2[C@@H]1c1ccccn1. The van der Waals surface area contributed by atoms with Crippen LogP contribution in [0.5, 0.6) is 0 Å². The Kier molecular flexibility index (Phi) is 4.32. The van der Waals surface area contributed by atoms with Crippen molar-refractivity contribution in [2.75, 3.05) is 6.54 Å². The molecule has 3 aromatic rings. The summed E-state index contributed by atoms with van der Waals surface area (Å²) in [4.78, 5) is 32.8. The first-order chi connectivity index (χ1) is 12.6. The molecule has 3 aromatic heterocycles. The average molecular weight is 367 g/mol. The monoisotopic (exact) mass is 367 g/mol. The van der Waals surface area contributed by atoms with Gasteiger partial charge in [-0.15, -0.1) is 11.3 Å². The van der Waals surface area contributed by atoms with Gasteiger partial charge in [-0.2, -0.15) is 0 Å². The normalized spacial score (nSPS) is 16.8. The number of amides is 1. The third kappa shape index (κ3) is 2.82. The van der Waals surface area contributed by atoms with E-state index in [4.69, 9.17) is 0 Å². The van der Waals surface area contributed by atoms with Gasteiger partial charge in [-0.05, 0) is 19.1 Å². The smallest absolute Gasteiger partial charge is 0.266 e. The molecular weight excluding hydrogens is 346 g/mol. The number of aromatic nitrogens is 4. The largest absolute Gasteiger partial charge is 0.348 e. The van der Waals surface area contributed by atoms with Crippen molar-refractivity contribution < 1.29 is 4.79 Å². The van der Waals surface area contributed by atoms with E-state index in [1.165, 1.54) is 11.3 Å². The molecule has 0 spiro atoms. The van der Waals surface area contributed by atoms with E-state index in [1.54, 1.807) is 12.5 Å². The first kappa shape index (κ1) is 16.9. The van der Waals surface area contributed by atoms with Crippen molar-refractivity contribution in [3.05, 3.63) is 63.4 Å². The minimum absolute atomic E-state index is 0.0104. The van der Waals surface area contributed by atoms with Crippen molar-refractivity contribution in [3.63, 3.8) is 0 Å². The van der Waals surface area contributed by atoms with Crippen molar-refractivity contribution in [2.45, 2.75) is 39.2 Å². The summed E-state index contributed by atoms with van der Waals surface area (Å²) in [5.74, 6) is 0.322. The zero-order valence-corrected chi connectivity index (χ0v) is 15.9. The summed E-state index contributed by atoms with van der Waals surface area (Å²) < 4.78 is 0. The van der Waals surface area contributed by atoms with Crippen LogP contribution in [0.4, 0.5) is 0 Å². The Hall–Kier alpha value is -2.54. The quantitative estimate of drug-likeness (QED) is 0.769. The number of thiazole rings is 1. The van der Waals surface area contributed by atoms with Gasteiger partial charge in [0.05, 0.1) is 28.4 Å². The van der Waals surface area contributed by atoms with E-state index in [0.29, 0.717) is 17.3 Å². The number of nitrogens with one attached hydrogen (secondary N) is 1. The Labute approximate surface area is 156 Å². The third-order valence-electron chi connectivity index (χ3n) is 4.66. The van der Waals surface area contributed by atoms with E-state index >= 15 is 0 Å². The number of aryl methyl sites for hydroxylation is 1. The summed E-state index contributed by atoms with van der Waals surface area (Å²) in [6, 6.07) is 5.50. The van der Waals surface area contributed by atoms with Crippen LogP contribution in [0.15, 0.2) is 30.7 Å². The lowest BCUT2D eigenvalue weighted by Gasteiger charge is -2.34. The van der Waals surface area contributed by atoms with Crippen LogP contribution in [0.2, 0.25) is 0 Å². The highest BCUT2D eigenvalue weighted by atomic mass is 32.1. The molecule has 1 atom stereocenters. The van der Waals surface area contributed by atoms with Gasteiger partial charge >= 0.3 is 0 Å². The Morgan fingerprint density at radius 1 is 1.35 bits per heavy atom. The molecule has 0 radical (unpaired) electrons. The zero-order chi connectivity index (χ0) is 18.3. The van der Waals surface area contributed by atoms with Crippen molar-refractivity contribution in [3.8, 4) is 0 Å². The number of H-pyrrole nitrogens is 1. The van der Waals surface area contributed by atoms with E-state index < -0.39 is 0 Å². The molecule has 1 aliphatic heterocycles. The summed E-state index contributed by atoms with van der Waals surface area (Å²) >= 11 is 1.50. The van der Waals surface area contributed by atoms with Crippen molar-refractivity contribution in [1.29, 1.82) is 0 Å². The fourth-order valence-corrected chi connectivity index (χ4v) is 4.35. The Morgan fingerprint density at radius 2 is 2.19 bits per heavy atom. The van der Waals surface area contributed by atoms with E-state index in [9.17, 15) is 4.79 Å². The van der Waals surface area contributed by atoms with Gasteiger partial charge < -0.3 is 9.88 Å². The standard InChI is InChI=1S/C19H21N5OS/c1-11(2)18-23-12(3)17(26-18)19(25)24-9-7-13-15(22-10-21-13)16(24)14-6-4-5-8-20-14/h4-6,8,10-11,16H,7,9H2,1-3H3,(H,21,22)/t16-/m0/s1. The number of carbonyl (C=O) groups is 1. The molecule has 0 fully saturated rings. The van der Waals surface area contributed by atoms with E-state index in [2.05, 4.69) is 33.8 Å². The minimum Gasteiger partial charge on any atom is -0.348 e. The maximum Gasteiger partial charge on any atom is 0.266 e. The molecule has 7 heteroatoms. The summed E-state index contributed by atoms with van der Waals surface area (Å²) in [6.45, 7) is 6.74. The second-order valence-electron chi connectivity index (χ2n) is 6.79. The molecule has 0 aromatic carbocycles. The summed E-state index contributed by atoms with van der Waals surface area (Å²) in [5, 5.41) is 0.998. The van der Waals surface area contributed by atoms with Crippen LogP contribution in [0.1, 0.15) is 63.3 Å². The lowest BCUT2D eigenvalue weighted by molar-refractivity contribution is 0.0691. The molecule has 134 valence electrons. The van der Waals surface area contributed by atoms with E-state index in [0.717, 1.165) is 34.2 Å². The molecule has 26 heavy (non-hydrogen) atoms. The molecule has 1 amide bonds. The van der Waals surface area contributed by atoms with Crippen LogP contribution in [-0.4, -0.2) is 37.3 Å². The number of carbonyl (C=O) groups excluding carboxylic acids is 1. The molecule has 0 saturated heterocycles. The highest BCUT2D eigenvalue weighted by Crippen LogP contribution is 2.35. The van der Waals surface area contributed by atoms with E-state index in [1.807, 2.05) is 30.0 Å². The summed E-state index contributed by atoms with van der Waals surface area (Å²) in [6.07, 6.45) is 4.22. The third-order valence-corrected chi connectivity index (χ3v) is 6.10. The van der Waals surface area contributed by atoms with Gasteiger partial charge in [0.25, 0.3) is 5.91 Å². The van der Waals surface area contributed by atoms with Gasteiger partial charge in [0.15, 0.2) is 0 Å². The number of fused-ring (bicyclic) bond motifs is 1. The minimum atomic E-state index is -0.275. The van der Waals surface area contributed by atoms with Crippen LogP contribution < -0.4 is 0 Å². The van der Waals surface area contributed by atoms with Crippen LogP contribution in [0.3, 0.4) is 0 Å². The van der Waals surface area contributed by atoms with Gasteiger partial charge in [0, 0.05) is 30.8 Å². The van der Waals surface area contributed by atoms with Gasteiger partial charge in [0.1, 0.15) is 10.9 Å². The van der Waals surface area contributed by atoms with Gasteiger partial charge in [-0.25, -0.2) is 9.97 Å². The second kappa shape index (κ2) is 6.64. The molecule has 6 nitrogen and oxygen atoms in total. The van der Waals surface area contributed by atoms with E-state index in [-0.39, 0.29) is 11.9 Å². The van der Waals surface area contributed by atoms with Gasteiger partial charge in [-0.3, -0.25) is 9.78 Å². The maximum atomic E-state index is 13.4. The molecule has 1 aliphatic rings. The molecule has 0 unspecified atom stereocenters. The number of imidazole rings is 1. The molecular formula is C19H21N5OS. The highest BCUT2D eigenvalue weighted by Gasteiger charge is 2.36. The van der Waals surface area contributed by atoms with Crippen molar-refractivity contribution in [2.24, 2.45) is 0 Å². The van der Waals surface area contributed by atoms with Gasteiger partial charge in [0.2, 0.25) is 0 Å². The molecule has 0 aliphatic carbocycles. The Morgan fingerprint density at radius 3 is 2.88 bits per heavy atom. The average Bonchev–Trinajstić information content (AvgIpc) is 3.27. The van der Waals surface area contributed by atoms with Crippen molar-refractivity contribution in [1.82, 2.24) is 24.8 Å². The zero-order valence-electron chi connectivity index (χ0n) is 15.1. The van der Waals surface area contributed by atoms with Crippen LogP contribution >= 0.6 is 11.3 Å². The Bertz CT molecular complexity index is 931. The number of rotatable bonds is 3. The maximum absolute atomic E-state index is 13.4. The lowest BCUT2D eigenvalue weighted by atomic mass is 9.99. The number of pyridine rings is 1. The fourth-order valence-electron chi connectivity index (χ4n) is 3.33. The predicted molar refractivity (Wildman–Crippen MR) is 100 cm³/mol. The van der Waals surface area contributed by atoms with Crippen LogP contribution in [0.25, 0.3) is 0 Å².